The first-order valence-electron chi connectivity index (χ1n) is 11.3. The van der Waals surface area contributed by atoms with Crippen molar-refractivity contribution in [3.8, 4) is 16.9 Å². The molecule has 0 fully saturated rings. The average Bonchev–Trinajstić information content (AvgIpc) is 3.16. The van der Waals surface area contributed by atoms with Crippen LogP contribution in [0.25, 0.3) is 11.1 Å². The van der Waals surface area contributed by atoms with E-state index in [0.29, 0.717) is 17.0 Å². The highest BCUT2D eigenvalue weighted by molar-refractivity contribution is 6.08. The SMILES string of the molecule is C=C(NC(=O)C(=C)N1Cc2c(cccc2-c2ccc3c(c2)OCC(=O)N3C)C1=O)C(=O)OC(C)(C)C. The van der Waals surface area contributed by atoms with E-state index in [-0.39, 0.29) is 36.4 Å². The summed E-state index contributed by atoms with van der Waals surface area (Å²) in [6, 6.07) is 10.8. The third-order valence-corrected chi connectivity index (χ3v) is 5.82. The van der Waals surface area contributed by atoms with E-state index in [1.54, 1.807) is 46.0 Å². The van der Waals surface area contributed by atoms with Gasteiger partial charge in [-0.05, 0) is 55.7 Å². The van der Waals surface area contributed by atoms with E-state index in [1.807, 2.05) is 18.2 Å². The molecule has 3 amide bonds. The lowest BCUT2D eigenvalue weighted by Gasteiger charge is -2.26. The molecular weight excluding hydrogens is 462 g/mol. The van der Waals surface area contributed by atoms with Gasteiger partial charge in [-0.15, -0.1) is 0 Å². The minimum atomic E-state index is -0.774. The van der Waals surface area contributed by atoms with E-state index in [4.69, 9.17) is 9.47 Å². The maximum absolute atomic E-state index is 13.1. The molecule has 0 unspecified atom stereocenters. The van der Waals surface area contributed by atoms with Crippen LogP contribution in [0.4, 0.5) is 5.69 Å². The number of rotatable bonds is 5. The second-order valence-corrected chi connectivity index (χ2v) is 9.53. The first kappa shape index (κ1) is 24.7. The van der Waals surface area contributed by atoms with Crippen molar-refractivity contribution in [3.05, 3.63) is 72.1 Å². The number of carbonyl (C=O) groups is 4. The summed E-state index contributed by atoms with van der Waals surface area (Å²) in [6.45, 7) is 12.5. The van der Waals surface area contributed by atoms with Gasteiger partial charge in [0.05, 0.1) is 12.2 Å². The Morgan fingerprint density at radius 3 is 2.47 bits per heavy atom. The van der Waals surface area contributed by atoms with E-state index in [2.05, 4.69) is 18.5 Å². The number of nitrogens with zero attached hydrogens (tertiary/aromatic N) is 2. The van der Waals surface area contributed by atoms with Crippen molar-refractivity contribution in [2.24, 2.45) is 0 Å². The monoisotopic (exact) mass is 489 g/mol. The average molecular weight is 490 g/mol. The van der Waals surface area contributed by atoms with Gasteiger partial charge in [0.2, 0.25) is 0 Å². The van der Waals surface area contributed by atoms with E-state index >= 15 is 0 Å². The van der Waals surface area contributed by atoms with Crippen LogP contribution in [0, 0.1) is 0 Å². The Hall–Kier alpha value is -4.40. The molecule has 0 aromatic heterocycles. The summed E-state index contributed by atoms with van der Waals surface area (Å²) < 4.78 is 10.8. The number of likely N-dealkylation sites (N-methyl/N-ethyl adjacent to an activating group) is 1. The van der Waals surface area contributed by atoms with Gasteiger partial charge in [0.15, 0.2) is 6.61 Å². The maximum Gasteiger partial charge on any atom is 0.354 e. The largest absolute Gasteiger partial charge is 0.482 e. The summed E-state index contributed by atoms with van der Waals surface area (Å²) in [4.78, 5) is 52.8. The van der Waals surface area contributed by atoms with Crippen LogP contribution in [0.1, 0.15) is 36.7 Å². The molecule has 9 heteroatoms. The van der Waals surface area contributed by atoms with Gasteiger partial charge in [0, 0.05) is 12.6 Å². The smallest absolute Gasteiger partial charge is 0.354 e. The van der Waals surface area contributed by atoms with Crippen molar-refractivity contribution < 1.29 is 28.7 Å². The molecule has 0 saturated heterocycles. The molecule has 2 aliphatic heterocycles. The number of nitrogens with one attached hydrogen (secondary N) is 1. The number of carbonyl (C=O) groups excluding carboxylic acids is 4. The van der Waals surface area contributed by atoms with Crippen LogP contribution in [-0.4, -0.2) is 47.8 Å². The molecule has 9 nitrogen and oxygen atoms in total. The predicted octanol–water partition coefficient (Wildman–Crippen LogP) is 3.15. The second-order valence-electron chi connectivity index (χ2n) is 9.53. The Balaban J connectivity index is 1.55. The lowest BCUT2D eigenvalue weighted by Crippen LogP contribution is -2.37. The van der Waals surface area contributed by atoms with Crippen LogP contribution < -0.4 is 15.0 Å². The predicted molar refractivity (Wildman–Crippen MR) is 133 cm³/mol. The molecule has 4 rings (SSSR count). The minimum absolute atomic E-state index is 0.0460. The molecule has 36 heavy (non-hydrogen) atoms. The van der Waals surface area contributed by atoms with Gasteiger partial charge >= 0.3 is 5.97 Å². The lowest BCUT2D eigenvalue weighted by molar-refractivity contribution is -0.150. The Morgan fingerprint density at radius 2 is 1.78 bits per heavy atom. The molecule has 0 aliphatic carbocycles. The summed E-state index contributed by atoms with van der Waals surface area (Å²) in [6.07, 6.45) is 0. The van der Waals surface area contributed by atoms with E-state index < -0.39 is 17.5 Å². The minimum Gasteiger partial charge on any atom is -0.482 e. The molecule has 0 bridgehead atoms. The summed E-state index contributed by atoms with van der Waals surface area (Å²) in [5.41, 5.74) is 2.30. The fourth-order valence-corrected chi connectivity index (χ4v) is 3.99. The van der Waals surface area contributed by atoms with Gasteiger partial charge in [-0.1, -0.05) is 31.4 Å². The summed E-state index contributed by atoms with van der Waals surface area (Å²) in [5.74, 6) is -1.46. The fraction of sp³-hybridized carbons (Fsp3) is 0.259. The normalized spacial score (nSPS) is 14.6. The number of fused-ring (bicyclic) bond motifs is 2. The summed E-state index contributed by atoms with van der Waals surface area (Å²) >= 11 is 0. The van der Waals surface area contributed by atoms with Gasteiger partial charge in [0.25, 0.3) is 17.7 Å². The molecule has 186 valence electrons. The second kappa shape index (κ2) is 8.99. The molecule has 0 atom stereocenters. The molecular formula is C27H27N3O6. The number of hydrogen-bond acceptors (Lipinski definition) is 6. The Morgan fingerprint density at radius 1 is 1.08 bits per heavy atom. The van der Waals surface area contributed by atoms with Gasteiger partial charge in [-0.25, -0.2) is 4.79 Å². The quantitative estimate of drug-likeness (QED) is 0.511. The molecule has 0 saturated carbocycles. The number of anilines is 1. The van der Waals surface area contributed by atoms with Crippen LogP contribution in [0.2, 0.25) is 0 Å². The van der Waals surface area contributed by atoms with Crippen molar-refractivity contribution in [1.82, 2.24) is 10.2 Å². The van der Waals surface area contributed by atoms with E-state index in [0.717, 1.165) is 16.7 Å². The van der Waals surface area contributed by atoms with Crippen LogP contribution in [0.3, 0.4) is 0 Å². The van der Waals surface area contributed by atoms with Crippen molar-refractivity contribution in [3.63, 3.8) is 0 Å². The first-order valence-corrected chi connectivity index (χ1v) is 11.3. The Bertz CT molecular complexity index is 1340. The van der Waals surface area contributed by atoms with Gasteiger partial charge < -0.3 is 19.7 Å². The van der Waals surface area contributed by atoms with Gasteiger partial charge in [0.1, 0.15) is 22.7 Å². The molecule has 0 radical (unpaired) electrons. The van der Waals surface area contributed by atoms with Crippen molar-refractivity contribution >= 4 is 29.4 Å². The van der Waals surface area contributed by atoms with Crippen LogP contribution in [0.15, 0.2) is 61.0 Å². The number of hydrogen-bond donors (Lipinski definition) is 1. The van der Waals surface area contributed by atoms with Crippen LogP contribution >= 0.6 is 0 Å². The van der Waals surface area contributed by atoms with Gasteiger partial charge in [-0.2, -0.15) is 0 Å². The number of amides is 3. The molecule has 2 aromatic rings. The molecule has 2 aliphatic rings. The Kier molecular flexibility index (Phi) is 6.17. The number of ether oxygens (including phenoxy) is 2. The zero-order valence-corrected chi connectivity index (χ0v) is 20.6. The third kappa shape index (κ3) is 4.59. The zero-order chi connectivity index (χ0) is 26.4. The molecule has 2 heterocycles. The summed E-state index contributed by atoms with van der Waals surface area (Å²) in [7, 11) is 1.69. The van der Waals surface area contributed by atoms with Gasteiger partial charge in [-0.3, -0.25) is 19.3 Å². The highest BCUT2D eigenvalue weighted by Crippen LogP contribution is 2.39. The van der Waals surface area contributed by atoms with E-state index in [1.165, 1.54) is 9.80 Å². The first-order chi connectivity index (χ1) is 16.9. The molecule has 2 aromatic carbocycles. The van der Waals surface area contributed by atoms with Crippen LogP contribution in [0.5, 0.6) is 5.75 Å². The number of esters is 1. The highest BCUT2D eigenvalue weighted by atomic mass is 16.6. The zero-order valence-electron chi connectivity index (χ0n) is 20.6. The Labute approximate surface area is 209 Å². The standard InChI is InChI=1S/C27H27N3O6/c1-15(26(34)36-27(3,4)5)28-24(32)16(2)30-13-20-18(8-7-9-19(20)25(30)33)17-10-11-21-22(12-17)35-14-23(31)29(21)6/h7-12H,1-2,13-14H2,3-6H3,(H,28,32). The fourth-order valence-electron chi connectivity index (χ4n) is 3.99. The third-order valence-electron chi connectivity index (χ3n) is 5.82. The summed E-state index contributed by atoms with van der Waals surface area (Å²) in [5, 5.41) is 2.36. The van der Waals surface area contributed by atoms with Crippen LogP contribution in [-0.2, 0) is 25.7 Å². The molecule has 0 spiro atoms. The maximum atomic E-state index is 13.1. The van der Waals surface area contributed by atoms with Crippen molar-refractivity contribution in [2.45, 2.75) is 32.9 Å². The molecule has 1 N–H and O–H groups in total. The highest BCUT2D eigenvalue weighted by Gasteiger charge is 2.34. The topological polar surface area (TPSA) is 105 Å². The van der Waals surface area contributed by atoms with E-state index in [9.17, 15) is 19.2 Å². The lowest BCUT2D eigenvalue weighted by atomic mass is 9.96. The van der Waals surface area contributed by atoms with Crippen molar-refractivity contribution in [2.75, 3.05) is 18.6 Å². The number of benzene rings is 2. The van der Waals surface area contributed by atoms with Crippen molar-refractivity contribution in [1.29, 1.82) is 0 Å².